The molecule has 0 nitrogen and oxygen atoms in total. The molecule has 0 atom stereocenters. The van der Waals surface area contributed by atoms with Crippen LogP contribution in [0.15, 0.2) is 30.8 Å². The van der Waals surface area contributed by atoms with Gasteiger partial charge in [0.05, 0.1) is 0 Å². The molecule has 18 heavy (non-hydrogen) atoms. The van der Waals surface area contributed by atoms with Gasteiger partial charge in [0, 0.05) is 0 Å². The number of rotatable bonds is 2. The van der Waals surface area contributed by atoms with Crippen LogP contribution in [0.3, 0.4) is 0 Å². The summed E-state index contributed by atoms with van der Waals surface area (Å²) in [6, 6.07) is 8.79. The van der Waals surface area contributed by atoms with Crippen molar-refractivity contribution in [2.45, 2.75) is 58.8 Å². The number of allylic oxidation sites excluding steroid dienone is 1. The lowest BCUT2D eigenvalue weighted by Gasteiger charge is -2.42. The third kappa shape index (κ3) is 3.45. The highest BCUT2D eigenvalue weighted by Crippen LogP contribution is 2.58. The monoisotopic (exact) mass is 262 g/mol. The Balaban J connectivity index is 3.45. The predicted octanol–water partition coefficient (Wildman–Crippen LogP) is 5.42. The molecule has 0 unspecified atom stereocenters. The van der Waals surface area contributed by atoms with Crippen LogP contribution in [0.1, 0.15) is 54.0 Å². The normalized spacial score (nSPS) is 12.9. The van der Waals surface area contributed by atoms with Crippen molar-refractivity contribution >= 4 is 18.8 Å². The fourth-order valence-corrected chi connectivity index (χ4v) is 6.96. The Bertz CT molecular complexity index is 416. The van der Waals surface area contributed by atoms with E-state index >= 15 is 0 Å². The highest BCUT2D eigenvalue weighted by atomic mass is 31.1. The highest BCUT2D eigenvalue weighted by molar-refractivity contribution is 7.68. The first kappa shape index (κ1) is 15.4. The van der Waals surface area contributed by atoms with Crippen LogP contribution in [0.25, 0.3) is 5.57 Å². The van der Waals surface area contributed by atoms with Crippen LogP contribution in [0.2, 0.25) is 0 Å². The molecule has 1 heteroatoms. The zero-order valence-electron chi connectivity index (χ0n) is 13.0. The SMILES string of the molecule is C=C(C)c1ccccc1P(C(C)(C)C)C(C)(C)C. The van der Waals surface area contributed by atoms with E-state index in [4.69, 9.17) is 0 Å². The average molecular weight is 262 g/mol. The standard InChI is InChI=1S/C17H27P/c1-13(2)14-11-9-10-12-15(14)18(16(3,4)5)17(6,7)8/h9-12H,1H2,2-8H3. The molecule has 0 heterocycles. The van der Waals surface area contributed by atoms with Gasteiger partial charge in [-0.05, 0) is 28.1 Å². The first-order valence-electron chi connectivity index (χ1n) is 6.60. The molecule has 0 fully saturated rings. The molecule has 1 aromatic rings. The zero-order valence-corrected chi connectivity index (χ0v) is 13.9. The lowest BCUT2D eigenvalue weighted by molar-refractivity contribution is 0.714. The number of hydrogen-bond acceptors (Lipinski definition) is 0. The molecule has 1 aromatic carbocycles. The fraction of sp³-hybridized carbons (Fsp3) is 0.529. The van der Waals surface area contributed by atoms with Crippen LogP contribution in [0.4, 0.5) is 0 Å². The van der Waals surface area contributed by atoms with Crippen molar-refractivity contribution in [1.29, 1.82) is 0 Å². The second-order valence-electron chi connectivity index (χ2n) is 6.97. The van der Waals surface area contributed by atoms with E-state index in [-0.39, 0.29) is 7.92 Å². The molecule has 100 valence electrons. The summed E-state index contributed by atoms with van der Waals surface area (Å²) >= 11 is 0. The summed E-state index contributed by atoms with van der Waals surface area (Å²) in [7, 11) is -0.252. The Morgan fingerprint density at radius 1 is 0.944 bits per heavy atom. The molecule has 0 saturated heterocycles. The van der Waals surface area contributed by atoms with Gasteiger partial charge in [0.1, 0.15) is 0 Å². The van der Waals surface area contributed by atoms with Crippen molar-refractivity contribution in [3.8, 4) is 0 Å². The second-order valence-corrected chi connectivity index (χ2v) is 10.8. The summed E-state index contributed by atoms with van der Waals surface area (Å²) in [5.74, 6) is 0. The summed E-state index contributed by atoms with van der Waals surface area (Å²) in [6.07, 6.45) is 0. The van der Waals surface area contributed by atoms with Gasteiger partial charge in [-0.1, -0.05) is 85.9 Å². The van der Waals surface area contributed by atoms with Gasteiger partial charge in [-0.3, -0.25) is 0 Å². The van der Waals surface area contributed by atoms with E-state index in [1.807, 2.05) is 0 Å². The molecular weight excluding hydrogens is 235 g/mol. The lowest BCUT2D eigenvalue weighted by Crippen LogP contribution is -2.32. The van der Waals surface area contributed by atoms with Gasteiger partial charge in [-0.15, -0.1) is 0 Å². The molecule has 0 radical (unpaired) electrons. The van der Waals surface area contributed by atoms with Gasteiger partial charge < -0.3 is 0 Å². The topological polar surface area (TPSA) is 0 Å². The van der Waals surface area contributed by atoms with Crippen LogP contribution in [0.5, 0.6) is 0 Å². The van der Waals surface area contributed by atoms with E-state index in [1.165, 1.54) is 16.4 Å². The molecule has 0 amide bonds. The van der Waals surface area contributed by atoms with Crippen molar-refractivity contribution in [3.63, 3.8) is 0 Å². The van der Waals surface area contributed by atoms with Gasteiger partial charge in [0.25, 0.3) is 0 Å². The first-order chi connectivity index (χ1) is 8.05. The summed E-state index contributed by atoms with van der Waals surface area (Å²) < 4.78 is 0. The second kappa shape index (κ2) is 5.17. The summed E-state index contributed by atoms with van der Waals surface area (Å²) in [5.41, 5.74) is 2.51. The summed E-state index contributed by atoms with van der Waals surface area (Å²) in [4.78, 5) is 0. The van der Waals surface area contributed by atoms with Crippen LogP contribution in [0, 0.1) is 0 Å². The van der Waals surface area contributed by atoms with Gasteiger partial charge >= 0.3 is 0 Å². The fourth-order valence-electron chi connectivity index (χ4n) is 2.76. The molecule has 0 spiro atoms. The van der Waals surface area contributed by atoms with E-state index in [9.17, 15) is 0 Å². The summed E-state index contributed by atoms with van der Waals surface area (Å²) in [5, 5.41) is 2.11. The van der Waals surface area contributed by atoms with Crippen molar-refractivity contribution in [3.05, 3.63) is 36.4 Å². The first-order valence-corrected chi connectivity index (χ1v) is 7.94. The molecule has 0 aliphatic heterocycles. The minimum atomic E-state index is -0.252. The smallest absolute Gasteiger partial charge is 0.0134 e. The van der Waals surface area contributed by atoms with Crippen LogP contribution in [-0.4, -0.2) is 10.3 Å². The number of benzene rings is 1. The maximum atomic E-state index is 4.14. The molecule has 0 saturated carbocycles. The van der Waals surface area contributed by atoms with Gasteiger partial charge in [-0.2, -0.15) is 0 Å². The summed E-state index contributed by atoms with van der Waals surface area (Å²) in [6.45, 7) is 20.4. The van der Waals surface area contributed by atoms with Crippen molar-refractivity contribution in [2.75, 3.05) is 0 Å². The lowest BCUT2D eigenvalue weighted by atomic mass is 10.1. The number of hydrogen-bond donors (Lipinski definition) is 0. The van der Waals surface area contributed by atoms with Gasteiger partial charge in [0.2, 0.25) is 0 Å². The molecule has 0 aromatic heterocycles. The quantitative estimate of drug-likeness (QED) is 0.624. The largest absolute Gasteiger partial charge is 0.0955 e. The molecule has 0 bridgehead atoms. The van der Waals surface area contributed by atoms with E-state index in [2.05, 4.69) is 79.3 Å². The van der Waals surface area contributed by atoms with Gasteiger partial charge in [0.15, 0.2) is 0 Å². The van der Waals surface area contributed by atoms with E-state index < -0.39 is 0 Å². The van der Waals surface area contributed by atoms with Crippen LogP contribution < -0.4 is 5.30 Å². The van der Waals surface area contributed by atoms with Crippen molar-refractivity contribution in [1.82, 2.24) is 0 Å². The maximum Gasteiger partial charge on any atom is -0.0134 e. The van der Waals surface area contributed by atoms with Crippen LogP contribution in [-0.2, 0) is 0 Å². The molecular formula is C17H27P. The Morgan fingerprint density at radius 3 is 1.78 bits per heavy atom. The Morgan fingerprint density at radius 2 is 1.39 bits per heavy atom. The molecule has 0 N–H and O–H groups in total. The average Bonchev–Trinajstić information content (AvgIpc) is 2.13. The highest BCUT2D eigenvalue weighted by Gasteiger charge is 2.36. The minimum absolute atomic E-state index is 0.252. The molecule has 0 aliphatic rings. The van der Waals surface area contributed by atoms with E-state index in [0.717, 1.165) is 0 Å². The minimum Gasteiger partial charge on any atom is -0.0955 e. The Labute approximate surface area is 114 Å². The van der Waals surface area contributed by atoms with Crippen molar-refractivity contribution < 1.29 is 0 Å². The van der Waals surface area contributed by atoms with Gasteiger partial charge in [-0.25, -0.2) is 0 Å². The molecule has 0 aliphatic carbocycles. The van der Waals surface area contributed by atoms with E-state index in [1.54, 1.807) is 0 Å². The predicted molar refractivity (Wildman–Crippen MR) is 87.2 cm³/mol. The Kier molecular flexibility index (Phi) is 4.44. The van der Waals surface area contributed by atoms with Crippen LogP contribution >= 0.6 is 7.92 Å². The van der Waals surface area contributed by atoms with E-state index in [0.29, 0.717) is 10.3 Å². The third-order valence-corrected chi connectivity index (χ3v) is 6.50. The molecule has 1 rings (SSSR count). The Hall–Kier alpha value is -0.610. The zero-order chi connectivity index (χ0) is 14.1. The maximum absolute atomic E-state index is 4.14. The van der Waals surface area contributed by atoms with Crippen molar-refractivity contribution in [2.24, 2.45) is 0 Å². The third-order valence-electron chi connectivity index (χ3n) is 2.95.